The molecule has 11 nitrogen and oxygen atoms in total. The molecule has 2 heterocycles. The van der Waals surface area contributed by atoms with Gasteiger partial charge in [-0.15, -0.1) is 0 Å². The molecule has 35 heavy (non-hydrogen) atoms. The standard InChI is InChI=1S/C23H23BrN6O5/c1-13-3-6-17(7-4-13)35-12-16(31)11-30-19-20(29(2)23(34)27-21(19)33)26-22(30)28-25-10-14-9-15(24)5-8-18(14)32/h3-10,16,31-32H,11-12H2,1-2H3,(H,26,28)(H,27,33,34). The van der Waals surface area contributed by atoms with Crippen LogP contribution in [0.25, 0.3) is 11.2 Å². The van der Waals surface area contributed by atoms with Crippen molar-refractivity contribution in [3.63, 3.8) is 0 Å². The van der Waals surface area contributed by atoms with Crippen LogP contribution in [0, 0.1) is 6.92 Å². The molecule has 0 fully saturated rings. The molecule has 0 radical (unpaired) electrons. The molecule has 4 rings (SSSR count). The predicted octanol–water partition coefficient (Wildman–Crippen LogP) is 2.09. The van der Waals surface area contributed by atoms with E-state index in [1.807, 2.05) is 19.1 Å². The molecule has 12 heteroatoms. The number of hydrazone groups is 1. The Morgan fingerprint density at radius 1 is 1.26 bits per heavy atom. The number of imidazole rings is 1. The second-order valence-corrected chi connectivity index (χ2v) is 8.80. The van der Waals surface area contributed by atoms with Crippen LogP contribution in [0.1, 0.15) is 11.1 Å². The Morgan fingerprint density at radius 2 is 2.00 bits per heavy atom. The zero-order valence-electron chi connectivity index (χ0n) is 18.9. The number of nitrogens with zero attached hydrogens (tertiary/aromatic N) is 4. The molecule has 0 aliphatic rings. The summed E-state index contributed by atoms with van der Waals surface area (Å²) < 4.78 is 9.02. The van der Waals surface area contributed by atoms with E-state index in [4.69, 9.17) is 4.74 Å². The monoisotopic (exact) mass is 542 g/mol. The fraction of sp³-hybridized carbons (Fsp3) is 0.217. The van der Waals surface area contributed by atoms with Gasteiger partial charge < -0.3 is 19.5 Å². The third-order valence-electron chi connectivity index (χ3n) is 5.22. The van der Waals surface area contributed by atoms with Gasteiger partial charge in [0.15, 0.2) is 11.2 Å². The van der Waals surface area contributed by atoms with Gasteiger partial charge in [0.05, 0.1) is 12.8 Å². The molecule has 182 valence electrons. The van der Waals surface area contributed by atoms with Gasteiger partial charge >= 0.3 is 5.69 Å². The van der Waals surface area contributed by atoms with Gasteiger partial charge in [0.2, 0.25) is 5.95 Å². The molecule has 0 bridgehead atoms. The van der Waals surface area contributed by atoms with Crippen LogP contribution in [0.2, 0.25) is 0 Å². The van der Waals surface area contributed by atoms with E-state index in [9.17, 15) is 19.8 Å². The van der Waals surface area contributed by atoms with E-state index in [2.05, 4.69) is 36.4 Å². The maximum atomic E-state index is 12.6. The van der Waals surface area contributed by atoms with Crippen molar-refractivity contribution < 1.29 is 14.9 Å². The quantitative estimate of drug-likeness (QED) is 0.197. The van der Waals surface area contributed by atoms with Crippen LogP contribution in [-0.4, -0.2) is 48.2 Å². The third kappa shape index (κ3) is 5.44. The zero-order valence-corrected chi connectivity index (χ0v) is 20.5. The van der Waals surface area contributed by atoms with Crippen molar-refractivity contribution in [3.05, 3.63) is 78.9 Å². The van der Waals surface area contributed by atoms with Crippen LogP contribution in [0.4, 0.5) is 5.95 Å². The number of hydrogen-bond donors (Lipinski definition) is 4. The van der Waals surface area contributed by atoms with Gasteiger partial charge in [0.1, 0.15) is 24.2 Å². The molecule has 0 saturated carbocycles. The number of anilines is 1. The van der Waals surface area contributed by atoms with Gasteiger partial charge in [0, 0.05) is 17.1 Å². The maximum Gasteiger partial charge on any atom is 0.329 e. The molecule has 0 amide bonds. The number of benzene rings is 2. The van der Waals surface area contributed by atoms with Crippen molar-refractivity contribution in [1.29, 1.82) is 0 Å². The van der Waals surface area contributed by atoms with E-state index in [0.29, 0.717) is 11.3 Å². The SMILES string of the molecule is Cc1ccc(OCC(O)Cn2c(NN=Cc3cc(Br)ccc3O)nc3c2c(=O)[nH]c(=O)n3C)cc1. The Kier molecular flexibility index (Phi) is 7.03. The molecular weight excluding hydrogens is 520 g/mol. The third-order valence-corrected chi connectivity index (χ3v) is 5.71. The summed E-state index contributed by atoms with van der Waals surface area (Å²) in [5.74, 6) is 0.740. The van der Waals surface area contributed by atoms with E-state index < -0.39 is 17.4 Å². The average molecular weight is 543 g/mol. The minimum Gasteiger partial charge on any atom is -0.507 e. The molecule has 2 aromatic carbocycles. The van der Waals surface area contributed by atoms with Crippen LogP contribution >= 0.6 is 15.9 Å². The summed E-state index contributed by atoms with van der Waals surface area (Å²) in [6.45, 7) is 1.85. The Morgan fingerprint density at radius 3 is 2.74 bits per heavy atom. The lowest BCUT2D eigenvalue weighted by Gasteiger charge is -2.15. The smallest absolute Gasteiger partial charge is 0.329 e. The van der Waals surface area contributed by atoms with Crippen molar-refractivity contribution in [2.75, 3.05) is 12.0 Å². The average Bonchev–Trinajstić information content (AvgIpc) is 3.18. The number of aromatic amines is 1. The fourth-order valence-corrected chi connectivity index (χ4v) is 3.76. The highest BCUT2D eigenvalue weighted by Crippen LogP contribution is 2.21. The molecule has 4 aromatic rings. The number of nitrogens with one attached hydrogen (secondary N) is 2. The molecular formula is C23H23BrN6O5. The number of phenols is 1. The number of aliphatic hydroxyl groups is 1. The van der Waals surface area contributed by atoms with Gasteiger partial charge in [-0.1, -0.05) is 33.6 Å². The minimum atomic E-state index is -1.01. The predicted molar refractivity (Wildman–Crippen MR) is 135 cm³/mol. The first-order chi connectivity index (χ1) is 16.7. The lowest BCUT2D eigenvalue weighted by atomic mass is 10.2. The molecule has 1 atom stereocenters. The largest absolute Gasteiger partial charge is 0.507 e. The van der Waals surface area contributed by atoms with E-state index >= 15 is 0 Å². The number of halogens is 1. The number of aromatic nitrogens is 4. The maximum absolute atomic E-state index is 12.6. The normalized spacial score (nSPS) is 12.3. The summed E-state index contributed by atoms with van der Waals surface area (Å²) >= 11 is 3.33. The number of phenolic OH excluding ortho intramolecular Hbond substituents is 1. The van der Waals surface area contributed by atoms with Gasteiger partial charge in [-0.25, -0.2) is 10.2 Å². The van der Waals surface area contributed by atoms with Crippen LogP contribution in [0.3, 0.4) is 0 Å². The number of ether oxygens (including phenoxy) is 1. The first-order valence-corrected chi connectivity index (χ1v) is 11.4. The number of H-pyrrole nitrogens is 1. The highest BCUT2D eigenvalue weighted by Gasteiger charge is 2.20. The Bertz CT molecular complexity index is 1510. The van der Waals surface area contributed by atoms with Crippen molar-refractivity contribution >= 4 is 39.3 Å². The second kappa shape index (κ2) is 10.2. The number of aromatic hydroxyl groups is 1. The molecule has 0 aliphatic carbocycles. The van der Waals surface area contributed by atoms with Gasteiger partial charge in [-0.2, -0.15) is 10.1 Å². The molecule has 0 saturated heterocycles. The number of aryl methyl sites for hydroxylation is 2. The topological polar surface area (TPSA) is 147 Å². The Balaban J connectivity index is 1.63. The van der Waals surface area contributed by atoms with Crippen LogP contribution < -0.4 is 21.4 Å². The first kappa shape index (κ1) is 24.2. The summed E-state index contributed by atoms with van der Waals surface area (Å²) in [4.78, 5) is 31.2. The lowest BCUT2D eigenvalue weighted by Crippen LogP contribution is -2.30. The van der Waals surface area contributed by atoms with Crippen LogP contribution in [-0.2, 0) is 13.6 Å². The van der Waals surface area contributed by atoms with Crippen molar-refractivity contribution in [2.24, 2.45) is 12.1 Å². The van der Waals surface area contributed by atoms with E-state index in [1.165, 1.54) is 28.5 Å². The summed E-state index contributed by atoms with van der Waals surface area (Å²) in [6, 6.07) is 12.3. The summed E-state index contributed by atoms with van der Waals surface area (Å²) in [5, 5.41) is 24.8. The zero-order chi connectivity index (χ0) is 25.1. The van der Waals surface area contributed by atoms with Crippen molar-refractivity contribution in [3.8, 4) is 11.5 Å². The van der Waals surface area contributed by atoms with Crippen LogP contribution in [0.15, 0.2) is 61.6 Å². The molecule has 0 spiro atoms. The number of rotatable bonds is 8. The highest BCUT2D eigenvalue weighted by molar-refractivity contribution is 9.10. The summed E-state index contributed by atoms with van der Waals surface area (Å²) in [6.07, 6.45) is 0.369. The van der Waals surface area contributed by atoms with E-state index in [-0.39, 0.29) is 36.0 Å². The fourth-order valence-electron chi connectivity index (χ4n) is 3.38. The van der Waals surface area contributed by atoms with Gasteiger partial charge in [0.25, 0.3) is 5.56 Å². The van der Waals surface area contributed by atoms with Crippen molar-refractivity contribution in [2.45, 2.75) is 19.6 Å². The number of aliphatic hydroxyl groups excluding tert-OH is 1. The van der Waals surface area contributed by atoms with Gasteiger partial charge in [-0.3, -0.25) is 14.3 Å². The minimum absolute atomic E-state index is 0.0229. The molecule has 0 aliphatic heterocycles. The van der Waals surface area contributed by atoms with Crippen molar-refractivity contribution in [1.82, 2.24) is 19.1 Å². The summed E-state index contributed by atoms with van der Waals surface area (Å²) in [5.41, 5.74) is 3.19. The second-order valence-electron chi connectivity index (χ2n) is 7.89. The highest BCUT2D eigenvalue weighted by atomic mass is 79.9. The number of hydrogen-bond acceptors (Lipinski definition) is 8. The number of fused-ring (bicyclic) bond motifs is 1. The molecule has 2 aromatic heterocycles. The molecule has 1 unspecified atom stereocenters. The van der Waals surface area contributed by atoms with Gasteiger partial charge in [-0.05, 0) is 37.3 Å². The van der Waals surface area contributed by atoms with E-state index in [0.717, 1.165) is 10.0 Å². The first-order valence-electron chi connectivity index (χ1n) is 10.6. The lowest BCUT2D eigenvalue weighted by molar-refractivity contribution is 0.0938. The summed E-state index contributed by atoms with van der Waals surface area (Å²) in [7, 11) is 1.47. The van der Waals surface area contributed by atoms with Crippen LogP contribution in [0.5, 0.6) is 11.5 Å². The molecule has 4 N–H and O–H groups in total. The van der Waals surface area contributed by atoms with E-state index in [1.54, 1.807) is 24.3 Å². The Labute approximate surface area is 207 Å². The Hall–Kier alpha value is -3.90.